The molecule has 0 aliphatic carbocycles. The Balaban J connectivity index is 1.91. The number of carbonyl (C=O) groups is 1. The van der Waals surface area contributed by atoms with Crippen molar-refractivity contribution in [2.45, 2.75) is 9.79 Å². The zero-order chi connectivity index (χ0) is 23.5. The van der Waals surface area contributed by atoms with E-state index in [1.807, 2.05) is 6.26 Å². The minimum absolute atomic E-state index is 0.0613. The Morgan fingerprint density at radius 2 is 1.78 bits per heavy atom. The third-order valence-corrected chi connectivity index (χ3v) is 8.35. The normalized spacial score (nSPS) is 14.8. The molecule has 0 unspecified atom stereocenters. The van der Waals surface area contributed by atoms with Crippen molar-refractivity contribution in [1.29, 1.82) is 0 Å². The maximum absolute atomic E-state index is 13.0. The summed E-state index contributed by atoms with van der Waals surface area (Å²) in [6, 6.07) is 10.5. The lowest BCUT2D eigenvalue weighted by molar-refractivity contribution is 0.0300. The molecule has 0 radical (unpaired) electrons. The summed E-state index contributed by atoms with van der Waals surface area (Å²) in [4.78, 5) is 15.3. The summed E-state index contributed by atoms with van der Waals surface area (Å²) < 4.78 is 58.4. The number of nitrogens with one attached hydrogen (secondary N) is 1. The number of amides is 1. The van der Waals surface area contributed by atoms with E-state index in [9.17, 15) is 21.6 Å². The van der Waals surface area contributed by atoms with Gasteiger partial charge in [-0.3, -0.25) is 13.8 Å². The summed E-state index contributed by atoms with van der Waals surface area (Å²) in [5, 5.41) is 0. The molecule has 2 aromatic rings. The molecule has 0 spiro atoms. The maximum atomic E-state index is 13.0. The van der Waals surface area contributed by atoms with Gasteiger partial charge in [0.05, 0.1) is 41.3 Å². The number of nitrogens with zero attached hydrogens (tertiary/aromatic N) is 2. The van der Waals surface area contributed by atoms with Gasteiger partial charge in [0.1, 0.15) is 0 Å². The Labute approximate surface area is 192 Å². The second kappa shape index (κ2) is 9.69. The van der Waals surface area contributed by atoms with Crippen LogP contribution in [-0.4, -0.2) is 73.5 Å². The van der Waals surface area contributed by atoms with Gasteiger partial charge in [-0.25, -0.2) is 16.8 Å². The van der Waals surface area contributed by atoms with Crippen LogP contribution in [0.4, 0.5) is 11.4 Å². The van der Waals surface area contributed by atoms with E-state index in [4.69, 9.17) is 4.74 Å². The number of hydrogen-bond acceptors (Lipinski definition) is 7. The lowest BCUT2D eigenvalue weighted by Gasteiger charge is -2.27. The van der Waals surface area contributed by atoms with E-state index in [0.717, 1.165) is 10.6 Å². The van der Waals surface area contributed by atoms with Gasteiger partial charge in [0, 0.05) is 25.0 Å². The molecule has 1 N–H and O–H groups in total. The molecule has 1 heterocycles. The summed E-state index contributed by atoms with van der Waals surface area (Å²) in [5.41, 5.74) is 0.828. The van der Waals surface area contributed by atoms with Crippen LogP contribution in [0.1, 0.15) is 10.4 Å². The fraction of sp³-hybridized carbons (Fsp3) is 0.350. The molecule has 1 saturated heterocycles. The largest absolute Gasteiger partial charge is 0.378 e. The molecular weight excluding hydrogens is 474 g/mol. The number of ether oxygens (including phenoxy) is 1. The minimum Gasteiger partial charge on any atom is -0.378 e. The van der Waals surface area contributed by atoms with E-state index in [-0.39, 0.29) is 16.5 Å². The number of anilines is 2. The second-order valence-electron chi connectivity index (χ2n) is 7.15. The fourth-order valence-electron chi connectivity index (χ4n) is 3.13. The first-order valence-electron chi connectivity index (χ1n) is 9.65. The average molecular weight is 500 g/mol. The quantitative estimate of drug-likeness (QED) is 0.580. The zero-order valence-electron chi connectivity index (χ0n) is 17.9. The van der Waals surface area contributed by atoms with E-state index in [1.165, 1.54) is 43.1 Å². The van der Waals surface area contributed by atoms with E-state index in [2.05, 4.69) is 4.72 Å². The van der Waals surface area contributed by atoms with Crippen LogP contribution in [0.15, 0.2) is 52.3 Å². The summed E-state index contributed by atoms with van der Waals surface area (Å²) >= 11 is 1.36. The van der Waals surface area contributed by atoms with Crippen LogP contribution in [0, 0.1) is 0 Å². The lowest BCUT2D eigenvalue weighted by atomic mass is 10.2. The van der Waals surface area contributed by atoms with Gasteiger partial charge >= 0.3 is 0 Å². The van der Waals surface area contributed by atoms with Crippen molar-refractivity contribution in [1.82, 2.24) is 4.90 Å². The molecule has 2 aromatic carbocycles. The van der Waals surface area contributed by atoms with E-state index < -0.39 is 20.0 Å². The molecule has 0 atom stereocenters. The first kappa shape index (κ1) is 24.4. The predicted octanol–water partition coefficient (Wildman–Crippen LogP) is 2.08. The molecule has 0 bridgehead atoms. The highest BCUT2D eigenvalue weighted by atomic mass is 32.2. The van der Waals surface area contributed by atoms with Crippen molar-refractivity contribution in [2.75, 3.05) is 54.9 Å². The van der Waals surface area contributed by atoms with E-state index in [1.54, 1.807) is 23.1 Å². The average Bonchev–Trinajstić information content (AvgIpc) is 2.77. The molecule has 32 heavy (non-hydrogen) atoms. The van der Waals surface area contributed by atoms with Crippen LogP contribution >= 0.6 is 11.8 Å². The van der Waals surface area contributed by atoms with E-state index >= 15 is 0 Å². The molecular formula is C20H25N3O6S3. The SMILES string of the molecule is CSc1ccc(S(=O)(=O)Nc2cccc(N(C)S(C)(=O)=O)c2)cc1C(=O)N1CCOCC1. The number of sulfonamides is 2. The molecule has 1 aliphatic rings. The van der Waals surface area contributed by atoms with Gasteiger partial charge in [-0.05, 0) is 42.7 Å². The Morgan fingerprint density at radius 3 is 2.41 bits per heavy atom. The smallest absolute Gasteiger partial charge is 0.261 e. The van der Waals surface area contributed by atoms with Crippen LogP contribution in [0.5, 0.6) is 0 Å². The summed E-state index contributed by atoms with van der Waals surface area (Å²) in [6.07, 6.45) is 2.88. The minimum atomic E-state index is -4.03. The molecule has 0 saturated carbocycles. The van der Waals surface area contributed by atoms with Crippen molar-refractivity contribution < 1.29 is 26.4 Å². The third-order valence-electron chi connectivity index (χ3n) is 4.97. The van der Waals surface area contributed by atoms with Crippen LogP contribution in [0.2, 0.25) is 0 Å². The molecule has 9 nitrogen and oxygen atoms in total. The number of thioether (sulfide) groups is 1. The van der Waals surface area contributed by atoms with Crippen molar-refractivity contribution in [3.63, 3.8) is 0 Å². The van der Waals surface area contributed by atoms with Crippen LogP contribution in [0.25, 0.3) is 0 Å². The first-order valence-corrected chi connectivity index (χ1v) is 14.2. The van der Waals surface area contributed by atoms with Crippen molar-refractivity contribution >= 4 is 49.1 Å². The van der Waals surface area contributed by atoms with Crippen LogP contribution in [-0.2, 0) is 24.8 Å². The summed E-state index contributed by atoms with van der Waals surface area (Å²) in [7, 11) is -6.14. The molecule has 174 valence electrons. The van der Waals surface area contributed by atoms with Crippen LogP contribution < -0.4 is 9.03 Å². The Morgan fingerprint density at radius 1 is 1.09 bits per heavy atom. The highest BCUT2D eigenvalue weighted by molar-refractivity contribution is 7.98. The predicted molar refractivity (Wildman–Crippen MR) is 125 cm³/mol. The molecule has 12 heteroatoms. The monoisotopic (exact) mass is 499 g/mol. The number of carbonyl (C=O) groups excluding carboxylic acids is 1. The first-order chi connectivity index (χ1) is 15.0. The topological polar surface area (TPSA) is 113 Å². The second-order valence-corrected chi connectivity index (χ2v) is 11.7. The number of hydrogen-bond donors (Lipinski definition) is 1. The van der Waals surface area contributed by atoms with Gasteiger partial charge in [-0.1, -0.05) is 6.07 Å². The van der Waals surface area contributed by atoms with Gasteiger partial charge < -0.3 is 9.64 Å². The van der Waals surface area contributed by atoms with Crippen molar-refractivity contribution in [3.05, 3.63) is 48.0 Å². The number of morpholine rings is 1. The zero-order valence-corrected chi connectivity index (χ0v) is 20.4. The Kier molecular flexibility index (Phi) is 7.38. The molecule has 1 amide bonds. The highest BCUT2D eigenvalue weighted by Gasteiger charge is 2.24. The van der Waals surface area contributed by atoms with Crippen molar-refractivity contribution in [3.8, 4) is 0 Å². The van der Waals surface area contributed by atoms with Gasteiger partial charge in [-0.15, -0.1) is 11.8 Å². The third kappa shape index (κ3) is 5.55. The molecule has 3 rings (SSSR count). The summed E-state index contributed by atoms with van der Waals surface area (Å²) in [6.45, 7) is 1.78. The molecule has 0 aromatic heterocycles. The standard InChI is InChI=1S/C20H25N3O6S3/c1-22(31(3,25)26)16-6-4-5-15(13-16)21-32(27,28)17-7-8-19(30-2)18(14-17)20(24)23-9-11-29-12-10-23/h4-8,13-14,21H,9-12H2,1-3H3. The van der Waals surface area contributed by atoms with Gasteiger partial charge in [0.15, 0.2) is 0 Å². The fourth-order valence-corrected chi connectivity index (χ4v) is 5.27. The van der Waals surface area contributed by atoms with E-state index in [0.29, 0.717) is 42.4 Å². The maximum Gasteiger partial charge on any atom is 0.261 e. The summed E-state index contributed by atoms with van der Waals surface area (Å²) in [5.74, 6) is -0.244. The van der Waals surface area contributed by atoms with Gasteiger partial charge in [0.2, 0.25) is 10.0 Å². The Hall–Kier alpha value is -2.28. The Bertz CT molecular complexity index is 1210. The lowest BCUT2D eigenvalue weighted by Crippen LogP contribution is -2.40. The number of benzene rings is 2. The number of rotatable bonds is 7. The molecule has 1 fully saturated rings. The van der Waals surface area contributed by atoms with Crippen molar-refractivity contribution in [2.24, 2.45) is 0 Å². The van der Waals surface area contributed by atoms with Gasteiger partial charge in [-0.2, -0.15) is 0 Å². The van der Waals surface area contributed by atoms with Crippen LogP contribution in [0.3, 0.4) is 0 Å². The molecule has 1 aliphatic heterocycles. The highest BCUT2D eigenvalue weighted by Crippen LogP contribution is 2.27. The van der Waals surface area contributed by atoms with Gasteiger partial charge in [0.25, 0.3) is 15.9 Å².